The molecule has 108 valence electrons. The molecule has 1 heterocycles. The Hall–Kier alpha value is -2.17. The number of fused-ring (bicyclic) bond motifs is 1. The molecule has 2 saturated carbocycles. The number of carbonyl (C=O) groups excluding carboxylic acids is 2. The van der Waals surface area contributed by atoms with Crippen LogP contribution < -0.4 is 0 Å². The van der Waals surface area contributed by atoms with Gasteiger partial charge in [-0.1, -0.05) is 18.2 Å². The molecule has 1 N–H and O–H groups in total. The lowest BCUT2D eigenvalue weighted by Gasteiger charge is -2.14. The van der Waals surface area contributed by atoms with Crippen molar-refractivity contribution in [1.82, 2.24) is 4.90 Å². The highest BCUT2D eigenvalue weighted by Crippen LogP contribution is 2.60. The Morgan fingerprint density at radius 3 is 2.24 bits per heavy atom. The van der Waals surface area contributed by atoms with Gasteiger partial charge in [-0.05, 0) is 42.4 Å². The lowest BCUT2D eigenvalue weighted by molar-refractivity contribution is -0.138. The molecule has 1 unspecified atom stereocenters. The summed E-state index contributed by atoms with van der Waals surface area (Å²) in [5.41, 5.74) is 3.44. The lowest BCUT2D eigenvalue weighted by Crippen LogP contribution is -2.38. The van der Waals surface area contributed by atoms with Crippen molar-refractivity contribution in [2.45, 2.75) is 31.6 Å². The minimum Gasteiger partial charge on any atom is -0.464 e. The third-order valence-electron chi connectivity index (χ3n) is 4.92. The number of nitrogens with zero attached hydrogens (tertiary/aromatic N) is 1. The van der Waals surface area contributed by atoms with Crippen molar-refractivity contribution in [3.05, 3.63) is 34.9 Å². The fourth-order valence-corrected chi connectivity index (χ4v) is 3.65. The zero-order chi connectivity index (χ0) is 14.9. The molecule has 1 aromatic rings. The maximum Gasteiger partial charge on any atom is 0.421 e. The SMILES string of the molecule is Cc1cc(C2CC2)ccc1C1[C@H]2C(=O)N(C(=O)O)C(=O)[C@@H]12. The largest absolute Gasteiger partial charge is 0.464 e. The molecule has 4 rings (SSSR count). The van der Waals surface area contributed by atoms with E-state index in [9.17, 15) is 14.4 Å². The van der Waals surface area contributed by atoms with Gasteiger partial charge in [0.2, 0.25) is 11.8 Å². The van der Waals surface area contributed by atoms with Crippen molar-refractivity contribution in [3.8, 4) is 0 Å². The fourth-order valence-electron chi connectivity index (χ4n) is 3.65. The Labute approximate surface area is 121 Å². The van der Waals surface area contributed by atoms with Crippen LogP contribution in [-0.2, 0) is 9.59 Å². The van der Waals surface area contributed by atoms with Gasteiger partial charge in [-0.25, -0.2) is 4.79 Å². The first kappa shape index (κ1) is 12.6. The second-order valence-corrected chi connectivity index (χ2v) is 6.26. The minimum absolute atomic E-state index is 0.131. The van der Waals surface area contributed by atoms with E-state index in [2.05, 4.69) is 12.1 Å². The Morgan fingerprint density at radius 2 is 1.76 bits per heavy atom. The van der Waals surface area contributed by atoms with E-state index in [4.69, 9.17) is 5.11 Å². The van der Waals surface area contributed by atoms with Gasteiger partial charge in [0.05, 0.1) is 11.8 Å². The number of benzene rings is 1. The molecule has 0 bridgehead atoms. The van der Waals surface area contributed by atoms with Gasteiger partial charge in [-0.2, -0.15) is 4.90 Å². The highest BCUT2D eigenvalue weighted by molar-refractivity contribution is 6.19. The molecule has 1 saturated heterocycles. The first-order chi connectivity index (χ1) is 10.0. The molecule has 0 aromatic heterocycles. The Morgan fingerprint density at radius 1 is 1.14 bits per heavy atom. The van der Waals surface area contributed by atoms with Crippen molar-refractivity contribution in [1.29, 1.82) is 0 Å². The molecule has 5 heteroatoms. The maximum absolute atomic E-state index is 12.0. The number of carbonyl (C=O) groups is 3. The highest BCUT2D eigenvalue weighted by atomic mass is 16.4. The van der Waals surface area contributed by atoms with Gasteiger partial charge < -0.3 is 5.11 Å². The van der Waals surface area contributed by atoms with Crippen LogP contribution in [0.3, 0.4) is 0 Å². The molecule has 2 aliphatic carbocycles. The molecule has 0 radical (unpaired) electrons. The minimum atomic E-state index is -1.46. The topological polar surface area (TPSA) is 74.7 Å². The number of imide groups is 3. The zero-order valence-electron chi connectivity index (χ0n) is 11.6. The van der Waals surface area contributed by atoms with Crippen molar-refractivity contribution in [2.75, 3.05) is 0 Å². The Bertz CT molecular complexity index is 670. The lowest BCUT2D eigenvalue weighted by atomic mass is 9.97. The summed E-state index contributed by atoms with van der Waals surface area (Å²) in [7, 11) is 0. The molecular weight excluding hydrogens is 270 g/mol. The van der Waals surface area contributed by atoms with Crippen LogP contribution in [-0.4, -0.2) is 27.9 Å². The number of hydrogen-bond donors (Lipinski definition) is 1. The molecule has 3 aliphatic rings. The molecule has 5 nitrogen and oxygen atoms in total. The number of piperidine rings is 1. The number of carboxylic acid groups (broad SMARTS) is 1. The van der Waals surface area contributed by atoms with E-state index in [1.807, 2.05) is 13.0 Å². The first-order valence-corrected chi connectivity index (χ1v) is 7.22. The molecule has 0 spiro atoms. The zero-order valence-corrected chi connectivity index (χ0v) is 11.6. The summed E-state index contributed by atoms with van der Waals surface area (Å²) in [6.07, 6.45) is 1.01. The average molecular weight is 285 g/mol. The summed E-state index contributed by atoms with van der Waals surface area (Å²) >= 11 is 0. The van der Waals surface area contributed by atoms with E-state index in [1.165, 1.54) is 18.4 Å². The van der Waals surface area contributed by atoms with Crippen LogP contribution >= 0.6 is 0 Å². The van der Waals surface area contributed by atoms with E-state index < -0.39 is 29.7 Å². The van der Waals surface area contributed by atoms with Crippen molar-refractivity contribution < 1.29 is 19.5 Å². The van der Waals surface area contributed by atoms with Gasteiger partial charge in [0.25, 0.3) is 0 Å². The third-order valence-corrected chi connectivity index (χ3v) is 4.92. The van der Waals surface area contributed by atoms with Crippen LogP contribution in [0.2, 0.25) is 0 Å². The van der Waals surface area contributed by atoms with Crippen LogP contribution in [0.5, 0.6) is 0 Å². The number of aryl methyl sites for hydroxylation is 1. The quantitative estimate of drug-likeness (QED) is 0.846. The van der Waals surface area contributed by atoms with Gasteiger partial charge in [0.1, 0.15) is 0 Å². The van der Waals surface area contributed by atoms with Gasteiger partial charge in [-0.3, -0.25) is 9.59 Å². The van der Waals surface area contributed by atoms with Gasteiger partial charge in [0.15, 0.2) is 0 Å². The number of likely N-dealkylation sites (tertiary alicyclic amines) is 1. The normalized spacial score (nSPS) is 30.5. The van der Waals surface area contributed by atoms with Gasteiger partial charge in [0, 0.05) is 5.92 Å². The Kier molecular flexibility index (Phi) is 2.35. The molecular formula is C16H15NO4. The third kappa shape index (κ3) is 1.66. The fraction of sp³-hybridized carbons (Fsp3) is 0.438. The number of hydrogen-bond acceptors (Lipinski definition) is 3. The van der Waals surface area contributed by atoms with E-state index in [0.29, 0.717) is 10.8 Å². The van der Waals surface area contributed by atoms with E-state index >= 15 is 0 Å². The average Bonchev–Trinajstić information content (AvgIpc) is 3.31. The predicted molar refractivity (Wildman–Crippen MR) is 72.8 cm³/mol. The van der Waals surface area contributed by atoms with E-state index in [-0.39, 0.29) is 5.92 Å². The van der Waals surface area contributed by atoms with Crippen molar-refractivity contribution in [3.63, 3.8) is 0 Å². The van der Waals surface area contributed by atoms with Crippen LogP contribution in [0.25, 0.3) is 0 Å². The van der Waals surface area contributed by atoms with E-state index in [1.54, 1.807) is 0 Å². The predicted octanol–water partition coefficient (Wildman–Crippen LogP) is 2.25. The second-order valence-electron chi connectivity index (χ2n) is 6.26. The Balaban J connectivity index is 1.62. The summed E-state index contributed by atoms with van der Waals surface area (Å²) in [5, 5.41) is 8.89. The van der Waals surface area contributed by atoms with Crippen LogP contribution in [0.4, 0.5) is 4.79 Å². The summed E-state index contributed by atoms with van der Waals surface area (Å²) < 4.78 is 0. The number of rotatable bonds is 2. The van der Waals surface area contributed by atoms with Crippen molar-refractivity contribution >= 4 is 17.9 Å². The summed E-state index contributed by atoms with van der Waals surface area (Å²) in [4.78, 5) is 35.3. The second kappa shape index (κ2) is 3.93. The first-order valence-electron chi connectivity index (χ1n) is 7.22. The van der Waals surface area contributed by atoms with Crippen LogP contribution in [0.1, 0.15) is 41.4 Å². The summed E-state index contributed by atoms with van der Waals surface area (Å²) in [6.45, 7) is 2.00. The highest BCUT2D eigenvalue weighted by Gasteiger charge is 2.69. The molecule has 3 amide bonds. The summed E-state index contributed by atoms with van der Waals surface area (Å²) in [6, 6.07) is 6.24. The summed E-state index contributed by atoms with van der Waals surface area (Å²) in [5.74, 6) is -1.53. The standard InChI is InChI=1S/C16H15NO4/c1-7-6-9(8-2-3-8)4-5-10(7)11-12-13(11)15(19)17(14(12)18)16(20)21/h4-6,8,11-13H,2-3H2,1H3,(H,20,21)/t11?,12-,13+. The molecule has 21 heavy (non-hydrogen) atoms. The van der Waals surface area contributed by atoms with E-state index in [0.717, 1.165) is 11.1 Å². The smallest absolute Gasteiger partial charge is 0.421 e. The number of amides is 3. The van der Waals surface area contributed by atoms with Crippen molar-refractivity contribution in [2.24, 2.45) is 11.8 Å². The molecule has 1 aliphatic heterocycles. The monoisotopic (exact) mass is 285 g/mol. The molecule has 1 aromatic carbocycles. The maximum atomic E-state index is 12.0. The van der Waals surface area contributed by atoms with Gasteiger partial charge >= 0.3 is 6.09 Å². The van der Waals surface area contributed by atoms with Gasteiger partial charge in [-0.15, -0.1) is 0 Å². The molecule has 3 atom stereocenters. The molecule has 3 fully saturated rings. The van der Waals surface area contributed by atoms with Crippen LogP contribution in [0, 0.1) is 18.8 Å². The van der Waals surface area contributed by atoms with Crippen LogP contribution in [0.15, 0.2) is 18.2 Å².